The molecule has 0 saturated carbocycles. The number of alkyl halides is 2. The zero-order valence-electron chi connectivity index (χ0n) is 12.4. The van der Waals surface area contributed by atoms with Crippen LogP contribution in [0.5, 0.6) is 11.5 Å². The summed E-state index contributed by atoms with van der Waals surface area (Å²) < 4.78 is 60.1. The van der Waals surface area contributed by atoms with E-state index in [9.17, 15) is 22.4 Å². The van der Waals surface area contributed by atoms with Crippen LogP contribution in [-0.2, 0) is 4.79 Å². The van der Waals surface area contributed by atoms with E-state index in [1.807, 2.05) is 0 Å². The van der Waals surface area contributed by atoms with Crippen molar-refractivity contribution in [2.75, 3.05) is 5.32 Å². The van der Waals surface area contributed by atoms with Crippen LogP contribution in [0.4, 0.5) is 23.2 Å². The number of hydrogen-bond acceptors (Lipinski definition) is 3. The number of anilines is 1. The normalized spacial score (nSPS) is 11.9. The van der Waals surface area contributed by atoms with Gasteiger partial charge in [-0.1, -0.05) is 12.1 Å². The summed E-state index contributed by atoms with van der Waals surface area (Å²) >= 11 is 0. The first-order valence-electron chi connectivity index (χ1n) is 6.83. The summed E-state index contributed by atoms with van der Waals surface area (Å²) in [5.41, 5.74) is 0.0311. The highest BCUT2D eigenvalue weighted by Gasteiger charge is 2.18. The van der Waals surface area contributed by atoms with E-state index in [0.29, 0.717) is 0 Å². The van der Waals surface area contributed by atoms with Gasteiger partial charge in [0.15, 0.2) is 17.7 Å². The molecule has 0 fully saturated rings. The summed E-state index contributed by atoms with van der Waals surface area (Å²) in [6.45, 7) is -1.67. The van der Waals surface area contributed by atoms with Crippen LogP contribution in [-0.4, -0.2) is 18.6 Å². The number of halogens is 4. The Hall–Kier alpha value is -2.77. The number of amides is 1. The standard InChI is InChI=1S/C16H13F4NO3/c1-9(23-10-6-7-11(17)12(18)8-10)15(22)21-13-4-2-3-5-14(13)24-16(19)20/h2-9,16H,1H3,(H,21,22)/t9-/m1/s1. The van der Waals surface area contributed by atoms with Crippen LogP contribution >= 0.6 is 0 Å². The second kappa shape index (κ2) is 7.67. The third-order valence-corrected chi connectivity index (χ3v) is 2.93. The highest BCUT2D eigenvalue weighted by molar-refractivity contribution is 5.95. The van der Waals surface area contributed by atoms with E-state index in [0.717, 1.165) is 18.2 Å². The molecule has 0 radical (unpaired) electrons. The Morgan fingerprint density at radius 2 is 1.75 bits per heavy atom. The minimum absolute atomic E-state index is 0.0311. The first-order chi connectivity index (χ1) is 11.4. The molecule has 0 saturated heterocycles. The molecule has 0 unspecified atom stereocenters. The molecule has 24 heavy (non-hydrogen) atoms. The Morgan fingerprint density at radius 1 is 1.04 bits per heavy atom. The van der Waals surface area contributed by atoms with E-state index >= 15 is 0 Å². The van der Waals surface area contributed by atoms with Crippen LogP contribution in [0.15, 0.2) is 42.5 Å². The first-order valence-corrected chi connectivity index (χ1v) is 6.83. The van der Waals surface area contributed by atoms with Crippen LogP contribution in [0.3, 0.4) is 0 Å². The molecule has 128 valence electrons. The Bertz CT molecular complexity index is 724. The molecule has 2 aromatic rings. The predicted octanol–water partition coefficient (Wildman–Crippen LogP) is 3.97. The molecule has 0 heterocycles. The molecular weight excluding hydrogens is 330 g/mol. The number of hydrogen-bond donors (Lipinski definition) is 1. The molecule has 1 atom stereocenters. The first kappa shape index (κ1) is 17.6. The lowest BCUT2D eigenvalue weighted by molar-refractivity contribution is -0.122. The third kappa shape index (κ3) is 4.61. The maximum absolute atomic E-state index is 13.1. The van der Waals surface area contributed by atoms with Gasteiger partial charge in [0.1, 0.15) is 11.5 Å². The quantitative estimate of drug-likeness (QED) is 0.808. The van der Waals surface area contributed by atoms with E-state index in [1.165, 1.54) is 31.2 Å². The number of benzene rings is 2. The van der Waals surface area contributed by atoms with Gasteiger partial charge in [-0.3, -0.25) is 4.79 Å². The van der Waals surface area contributed by atoms with Crippen LogP contribution in [0, 0.1) is 11.6 Å². The number of rotatable bonds is 6. The van der Waals surface area contributed by atoms with Gasteiger partial charge in [0.05, 0.1) is 5.69 Å². The molecule has 2 rings (SSSR count). The summed E-state index contributed by atoms with van der Waals surface area (Å²) in [5, 5.41) is 2.37. The second-order valence-electron chi connectivity index (χ2n) is 4.70. The fraction of sp³-hybridized carbons (Fsp3) is 0.188. The zero-order chi connectivity index (χ0) is 17.7. The molecular formula is C16H13F4NO3. The molecule has 0 aliphatic heterocycles. The van der Waals surface area contributed by atoms with Gasteiger partial charge in [0, 0.05) is 6.07 Å². The Morgan fingerprint density at radius 3 is 2.42 bits per heavy atom. The van der Waals surface area contributed by atoms with Gasteiger partial charge in [-0.25, -0.2) is 8.78 Å². The van der Waals surface area contributed by atoms with Crippen LogP contribution in [0.2, 0.25) is 0 Å². The maximum atomic E-state index is 13.1. The van der Waals surface area contributed by atoms with Gasteiger partial charge < -0.3 is 14.8 Å². The summed E-state index contributed by atoms with van der Waals surface area (Å²) in [6, 6.07) is 8.45. The van der Waals surface area contributed by atoms with Crippen molar-refractivity contribution in [2.45, 2.75) is 19.6 Å². The summed E-state index contributed by atoms with van der Waals surface area (Å²) in [5.74, 6) is -3.09. The van der Waals surface area contributed by atoms with Gasteiger partial charge in [-0.15, -0.1) is 0 Å². The van der Waals surface area contributed by atoms with Crippen molar-refractivity contribution in [2.24, 2.45) is 0 Å². The van der Waals surface area contributed by atoms with Gasteiger partial charge >= 0.3 is 6.61 Å². The van der Waals surface area contributed by atoms with Gasteiger partial charge in [0.25, 0.3) is 5.91 Å². The van der Waals surface area contributed by atoms with Crippen LogP contribution in [0.1, 0.15) is 6.92 Å². The molecule has 1 amide bonds. The minimum Gasteiger partial charge on any atom is -0.481 e. The average Bonchev–Trinajstić information content (AvgIpc) is 2.52. The fourth-order valence-electron chi connectivity index (χ4n) is 1.81. The minimum atomic E-state index is -3.04. The number of nitrogens with one attached hydrogen (secondary N) is 1. The second-order valence-corrected chi connectivity index (χ2v) is 4.70. The molecule has 4 nitrogen and oxygen atoms in total. The average molecular weight is 343 g/mol. The molecule has 1 N–H and O–H groups in total. The van der Waals surface area contributed by atoms with E-state index < -0.39 is 30.3 Å². The largest absolute Gasteiger partial charge is 0.481 e. The summed E-state index contributed by atoms with van der Waals surface area (Å²) in [6.07, 6.45) is -1.09. The monoisotopic (exact) mass is 343 g/mol. The smallest absolute Gasteiger partial charge is 0.387 e. The highest BCUT2D eigenvalue weighted by Crippen LogP contribution is 2.26. The highest BCUT2D eigenvalue weighted by atomic mass is 19.3. The Kier molecular flexibility index (Phi) is 5.62. The number of ether oxygens (including phenoxy) is 2. The predicted molar refractivity (Wildman–Crippen MR) is 78.2 cm³/mol. The lowest BCUT2D eigenvalue weighted by atomic mass is 10.2. The summed E-state index contributed by atoms with van der Waals surface area (Å²) in [4.78, 5) is 12.1. The summed E-state index contributed by atoms with van der Waals surface area (Å²) in [7, 11) is 0. The van der Waals surface area contributed by atoms with Crippen molar-refractivity contribution >= 4 is 11.6 Å². The maximum Gasteiger partial charge on any atom is 0.387 e. The van der Waals surface area contributed by atoms with Crippen molar-refractivity contribution < 1.29 is 31.8 Å². The van der Waals surface area contributed by atoms with Gasteiger partial charge in [-0.2, -0.15) is 8.78 Å². The lowest BCUT2D eigenvalue weighted by Gasteiger charge is -2.16. The van der Waals surface area contributed by atoms with Crippen LogP contribution in [0.25, 0.3) is 0 Å². The molecule has 8 heteroatoms. The van der Waals surface area contributed by atoms with Crippen molar-refractivity contribution in [3.05, 3.63) is 54.1 Å². The van der Waals surface area contributed by atoms with Crippen LogP contribution < -0.4 is 14.8 Å². The molecule has 0 spiro atoms. The Balaban J connectivity index is 2.05. The van der Waals surface area contributed by atoms with Gasteiger partial charge in [-0.05, 0) is 31.2 Å². The van der Waals surface area contributed by atoms with E-state index in [1.54, 1.807) is 0 Å². The number of para-hydroxylation sites is 2. The fourth-order valence-corrected chi connectivity index (χ4v) is 1.81. The topological polar surface area (TPSA) is 47.6 Å². The SMILES string of the molecule is C[C@@H](Oc1ccc(F)c(F)c1)C(=O)Nc1ccccc1OC(F)F. The molecule has 0 aromatic heterocycles. The van der Waals surface area contributed by atoms with Crippen molar-refractivity contribution in [1.29, 1.82) is 0 Å². The molecule has 0 aliphatic carbocycles. The number of carbonyl (C=O) groups excluding carboxylic acids is 1. The van der Waals surface area contributed by atoms with E-state index in [-0.39, 0.29) is 17.2 Å². The molecule has 2 aromatic carbocycles. The molecule has 0 aliphatic rings. The molecule has 0 bridgehead atoms. The van der Waals surface area contributed by atoms with Gasteiger partial charge in [0.2, 0.25) is 0 Å². The zero-order valence-corrected chi connectivity index (χ0v) is 12.4. The van der Waals surface area contributed by atoms with E-state index in [4.69, 9.17) is 4.74 Å². The number of carbonyl (C=O) groups is 1. The Labute approximate surface area is 135 Å². The lowest BCUT2D eigenvalue weighted by Crippen LogP contribution is -2.30. The van der Waals surface area contributed by atoms with E-state index in [2.05, 4.69) is 10.1 Å². The van der Waals surface area contributed by atoms with Crippen molar-refractivity contribution in [3.8, 4) is 11.5 Å². The van der Waals surface area contributed by atoms with Crippen molar-refractivity contribution in [1.82, 2.24) is 0 Å². The third-order valence-electron chi connectivity index (χ3n) is 2.93. The van der Waals surface area contributed by atoms with Crippen molar-refractivity contribution in [3.63, 3.8) is 0 Å².